The summed E-state index contributed by atoms with van der Waals surface area (Å²) in [6.45, 7) is 1.09. The van der Waals surface area contributed by atoms with E-state index in [1.165, 1.54) is 24.2 Å². The molecule has 4 nitrogen and oxygen atoms in total. The first-order valence-electron chi connectivity index (χ1n) is 6.92. The maximum absolute atomic E-state index is 12.7. The van der Waals surface area contributed by atoms with Crippen LogP contribution in [0.5, 0.6) is 0 Å². The zero-order valence-electron chi connectivity index (χ0n) is 10.9. The van der Waals surface area contributed by atoms with Crippen LogP contribution in [0.25, 0.3) is 0 Å². The largest absolute Gasteiger partial charge is 0.326 e. The second-order valence-electron chi connectivity index (χ2n) is 5.49. The van der Waals surface area contributed by atoms with Crippen LogP contribution >= 0.6 is 11.3 Å². The van der Waals surface area contributed by atoms with E-state index in [0.717, 1.165) is 24.8 Å². The maximum Gasteiger partial charge on any atom is 0.252 e. The van der Waals surface area contributed by atoms with Gasteiger partial charge in [-0.15, -0.1) is 11.3 Å². The number of nitrogens with two attached hydrogens (primary N) is 1. The van der Waals surface area contributed by atoms with Crippen molar-refractivity contribution >= 4 is 21.4 Å². The Morgan fingerprint density at radius 2 is 2.11 bits per heavy atom. The van der Waals surface area contributed by atoms with Gasteiger partial charge in [-0.3, -0.25) is 0 Å². The number of thiophene rings is 1. The van der Waals surface area contributed by atoms with Crippen molar-refractivity contribution in [2.75, 3.05) is 6.54 Å². The fourth-order valence-corrected chi connectivity index (χ4v) is 6.45. The predicted octanol–water partition coefficient (Wildman–Crippen LogP) is 2.16. The molecule has 0 aromatic carbocycles. The molecule has 2 unspecified atom stereocenters. The topological polar surface area (TPSA) is 63.4 Å². The van der Waals surface area contributed by atoms with Gasteiger partial charge in [-0.25, -0.2) is 8.42 Å². The molecule has 1 aromatic heterocycles. The molecule has 2 N–H and O–H groups in total. The summed E-state index contributed by atoms with van der Waals surface area (Å²) in [6, 6.07) is 1.97. The third kappa shape index (κ3) is 2.35. The third-order valence-corrected chi connectivity index (χ3v) is 7.78. The number of hydrogen-bond acceptors (Lipinski definition) is 4. The Morgan fingerprint density at radius 3 is 2.84 bits per heavy atom. The lowest BCUT2D eigenvalue weighted by Crippen LogP contribution is -2.38. The van der Waals surface area contributed by atoms with Gasteiger partial charge >= 0.3 is 0 Å². The van der Waals surface area contributed by atoms with Crippen LogP contribution in [-0.2, 0) is 16.6 Å². The average molecular weight is 300 g/mol. The zero-order valence-corrected chi connectivity index (χ0v) is 12.5. The quantitative estimate of drug-likeness (QED) is 0.930. The van der Waals surface area contributed by atoms with E-state index in [-0.39, 0.29) is 6.04 Å². The molecule has 6 heteroatoms. The summed E-state index contributed by atoms with van der Waals surface area (Å²) in [5.41, 5.74) is 6.47. The molecule has 1 aliphatic heterocycles. The van der Waals surface area contributed by atoms with Crippen LogP contribution < -0.4 is 5.73 Å². The molecule has 2 heterocycles. The zero-order chi connectivity index (χ0) is 13.5. The number of hydrogen-bond donors (Lipinski definition) is 1. The molecule has 0 bridgehead atoms. The number of nitrogens with zero attached hydrogens (tertiary/aromatic N) is 1. The molecule has 1 aromatic rings. The van der Waals surface area contributed by atoms with Gasteiger partial charge in [-0.05, 0) is 42.2 Å². The van der Waals surface area contributed by atoms with Crippen molar-refractivity contribution in [3.8, 4) is 0 Å². The van der Waals surface area contributed by atoms with Gasteiger partial charge in [0.2, 0.25) is 0 Å². The summed E-state index contributed by atoms with van der Waals surface area (Å²) < 4.78 is 27.6. The SMILES string of the molecule is NCc1csc(S(=O)(=O)N2CCC3CCCCC32)c1. The average Bonchev–Trinajstić information content (AvgIpc) is 3.06. The van der Waals surface area contributed by atoms with Gasteiger partial charge in [-0.1, -0.05) is 12.8 Å². The minimum Gasteiger partial charge on any atom is -0.326 e. The molecule has 1 aliphatic carbocycles. The van der Waals surface area contributed by atoms with Gasteiger partial charge in [0.25, 0.3) is 10.0 Å². The number of sulfonamides is 1. The highest BCUT2D eigenvalue weighted by Gasteiger charge is 2.42. The van der Waals surface area contributed by atoms with E-state index < -0.39 is 10.0 Å². The number of rotatable bonds is 3. The molecule has 0 spiro atoms. The van der Waals surface area contributed by atoms with Crippen molar-refractivity contribution in [2.45, 2.75) is 48.9 Å². The standard InChI is InChI=1S/C13H20N2O2S2/c14-8-10-7-13(18-9-10)19(16,17)15-6-5-11-3-1-2-4-12(11)15/h7,9,11-12H,1-6,8,14H2. The van der Waals surface area contributed by atoms with Crippen molar-refractivity contribution in [1.29, 1.82) is 0 Å². The molecule has 1 saturated heterocycles. The van der Waals surface area contributed by atoms with E-state index in [2.05, 4.69) is 0 Å². The first-order chi connectivity index (χ1) is 9.13. The predicted molar refractivity (Wildman–Crippen MR) is 76.5 cm³/mol. The summed E-state index contributed by atoms with van der Waals surface area (Å²) in [5.74, 6) is 0.581. The lowest BCUT2D eigenvalue weighted by atomic mass is 9.86. The van der Waals surface area contributed by atoms with Crippen molar-refractivity contribution in [1.82, 2.24) is 4.31 Å². The van der Waals surface area contributed by atoms with Crippen LogP contribution in [0, 0.1) is 5.92 Å². The summed E-state index contributed by atoms with van der Waals surface area (Å²) in [4.78, 5) is 0. The molecule has 3 rings (SSSR count). The van der Waals surface area contributed by atoms with E-state index >= 15 is 0 Å². The molecule has 2 aliphatic rings. The fraction of sp³-hybridized carbons (Fsp3) is 0.692. The molecule has 1 saturated carbocycles. The van der Waals surface area contributed by atoms with Crippen molar-refractivity contribution < 1.29 is 8.42 Å². The first-order valence-corrected chi connectivity index (χ1v) is 9.24. The summed E-state index contributed by atoms with van der Waals surface area (Å²) >= 11 is 1.30. The Hall–Kier alpha value is -0.430. The van der Waals surface area contributed by atoms with Gasteiger partial charge in [0, 0.05) is 19.1 Å². The van der Waals surface area contributed by atoms with Gasteiger partial charge in [0.15, 0.2) is 0 Å². The molecule has 19 heavy (non-hydrogen) atoms. The van der Waals surface area contributed by atoms with E-state index in [0.29, 0.717) is 23.2 Å². The molecule has 0 amide bonds. The van der Waals surface area contributed by atoms with E-state index in [4.69, 9.17) is 5.73 Å². The molecule has 0 radical (unpaired) electrons. The Morgan fingerprint density at radius 1 is 1.32 bits per heavy atom. The summed E-state index contributed by atoms with van der Waals surface area (Å²) in [6.07, 6.45) is 5.66. The van der Waals surface area contributed by atoms with Crippen molar-refractivity contribution in [3.63, 3.8) is 0 Å². The Balaban J connectivity index is 1.88. The van der Waals surface area contributed by atoms with Crippen LogP contribution in [0.4, 0.5) is 0 Å². The smallest absolute Gasteiger partial charge is 0.252 e. The second kappa shape index (κ2) is 5.16. The first kappa shape index (κ1) is 13.5. The lowest BCUT2D eigenvalue weighted by molar-refractivity contribution is 0.260. The Labute approximate surface area is 118 Å². The van der Waals surface area contributed by atoms with Gasteiger partial charge in [0.05, 0.1) is 0 Å². The summed E-state index contributed by atoms with van der Waals surface area (Å²) in [7, 11) is -3.30. The monoisotopic (exact) mass is 300 g/mol. The van der Waals surface area contributed by atoms with E-state index in [9.17, 15) is 8.42 Å². The van der Waals surface area contributed by atoms with Crippen LogP contribution in [0.15, 0.2) is 15.7 Å². The molecular formula is C13H20N2O2S2. The summed E-state index contributed by atoms with van der Waals surface area (Å²) in [5, 5.41) is 1.85. The normalized spacial score (nSPS) is 28.5. The van der Waals surface area contributed by atoms with Crippen LogP contribution in [-0.4, -0.2) is 25.3 Å². The third-order valence-electron chi connectivity index (χ3n) is 4.39. The van der Waals surface area contributed by atoms with Crippen LogP contribution in [0.2, 0.25) is 0 Å². The molecule has 2 fully saturated rings. The van der Waals surface area contributed by atoms with Crippen LogP contribution in [0.3, 0.4) is 0 Å². The molecular weight excluding hydrogens is 280 g/mol. The van der Waals surface area contributed by atoms with Crippen LogP contribution in [0.1, 0.15) is 37.7 Å². The highest BCUT2D eigenvalue weighted by Crippen LogP contribution is 2.39. The van der Waals surface area contributed by atoms with Gasteiger partial charge in [-0.2, -0.15) is 4.31 Å². The van der Waals surface area contributed by atoms with Crippen molar-refractivity contribution in [2.24, 2.45) is 11.7 Å². The minimum absolute atomic E-state index is 0.238. The lowest BCUT2D eigenvalue weighted by Gasteiger charge is -2.30. The fourth-order valence-electron chi connectivity index (χ4n) is 3.37. The minimum atomic E-state index is -3.30. The van der Waals surface area contributed by atoms with Crippen molar-refractivity contribution in [3.05, 3.63) is 17.0 Å². The number of fused-ring (bicyclic) bond motifs is 1. The second-order valence-corrected chi connectivity index (χ2v) is 8.52. The maximum atomic E-state index is 12.7. The van der Waals surface area contributed by atoms with Gasteiger partial charge in [0.1, 0.15) is 4.21 Å². The molecule has 106 valence electrons. The Kier molecular flexibility index (Phi) is 3.68. The molecule has 2 atom stereocenters. The Bertz CT molecular complexity index is 553. The van der Waals surface area contributed by atoms with E-state index in [1.807, 2.05) is 5.38 Å². The van der Waals surface area contributed by atoms with E-state index in [1.54, 1.807) is 10.4 Å². The van der Waals surface area contributed by atoms with Gasteiger partial charge < -0.3 is 5.73 Å². The highest BCUT2D eigenvalue weighted by atomic mass is 32.2. The highest BCUT2D eigenvalue weighted by molar-refractivity contribution is 7.91.